The molecule has 2 aromatic heterocycles. The fourth-order valence-corrected chi connectivity index (χ4v) is 5.09. The van der Waals surface area contributed by atoms with Crippen molar-refractivity contribution in [2.45, 2.75) is 25.9 Å². The molecule has 9 heteroatoms. The number of aryl methyl sites for hydroxylation is 3. The van der Waals surface area contributed by atoms with Gasteiger partial charge < -0.3 is 10.3 Å². The number of hydrogen-bond donors (Lipinski definition) is 2. The first-order chi connectivity index (χ1) is 14.8. The molecule has 6 nitrogen and oxygen atoms in total. The zero-order valence-corrected chi connectivity index (χ0v) is 19.6. The molecule has 0 saturated carbocycles. The highest BCUT2D eigenvalue weighted by Crippen LogP contribution is 2.26. The SMILES string of the molecule is Cc1ccc(C)c(NC(=O)CSc2nc3c(sc(=S)n3-c3ccccc3C)c(=O)[nH]2)c1. The molecule has 2 N–H and O–H groups in total. The number of carbonyl (C=O) groups is 1. The van der Waals surface area contributed by atoms with E-state index < -0.39 is 0 Å². The number of rotatable bonds is 5. The number of nitrogens with zero attached hydrogens (tertiary/aromatic N) is 2. The molecule has 0 atom stereocenters. The first-order valence-corrected chi connectivity index (χ1v) is 11.8. The molecule has 0 aliphatic heterocycles. The number of thioether (sulfide) groups is 1. The standard InChI is InChI=1S/C22H20N4O2S3/c1-12-8-9-13(2)15(10-12)23-17(27)11-30-21-24-19-18(20(28)25-21)31-22(29)26(19)16-7-5-4-6-14(16)3/h4-10H,11H2,1-3H3,(H,23,27)(H,24,25,28). The number of para-hydroxylation sites is 1. The minimum Gasteiger partial charge on any atom is -0.325 e. The van der Waals surface area contributed by atoms with Gasteiger partial charge in [-0.25, -0.2) is 4.98 Å². The maximum absolute atomic E-state index is 12.6. The summed E-state index contributed by atoms with van der Waals surface area (Å²) in [5, 5.41) is 3.30. The Labute approximate surface area is 192 Å². The van der Waals surface area contributed by atoms with E-state index in [1.54, 1.807) is 0 Å². The first-order valence-electron chi connectivity index (χ1n) is 9.55. The molecule has 0 saturated heterocycles. The Bertz CT molecular complexity index is 1420. The Morgan fingerprint density at radius 2 is 1.97 bits per heavy atom. The van der Waals surface area contributed by atoms with Crippen molar-refractivity contribution < 1.29 is 4.79 Å². The van der Waals surface area contributed by atoms with E-state index in [9.17, 15) is 9.59 Å². The highest BCUT2D eigenvalue weighted by atomic mass is 32.2. The number of anilines is 1. The lowest BCUT2D eigenvalue weighted by Gasteiger charge is -2.10. The molecule has 0 aliphatic rings. The summed E-state index contributed by atoms with van der Waals surface area (Å²) < 4.78 is 2.84. The van der Waals surface area contributed by atoms with Crippen LogP contribution in [0.1, 0.15) is 16.7 Å². The van der Waals surface area contributed by atoms with Gasteiger partial charge in [0.15, 0.2) is 14.8 Å². The van der Waals surface area contributed by atoms with Crippen molar-refractivity contribution in [3.05, 3.63) is 73.5 Å². The summed E-state index contributed by atoms with van der Waals surface area (Å²) in [6.45, 7) is 5.91. The molecule has 0 unspecified atom stereocenters. The number of nitrogens with one attached hydrogen (secondary N) is 2. The van der Waals surface area contributed by atoms with Gasteiger partial charge in [0.25, 0.3) is 5.56 Å². The first kappa shape index (κ1) is 21.5. The molecule has 2 aromatic carbocycles. The summed E-state index contributed by atoms with van der Waals surface area (Å²) in [5.74, 6) is -0.0423. The molecule has 0 radical (unpaired) electrons. The van der Waals surface area contributed by atoms with Crippen molar-refractivity contribution in [3.8, 4) is 5.69 Å². The van der Waals surface area contributed by atoms with Gasteiger partial charge in [0.1, 0.15) is 4.70 Å². The molecule has 158 valence electrons. The molecular weight excluding hydrogens is 448 g/mol. The van der Waals surface area contributed by atoms with Crippen molar-refractivity contribution in [1.82, 2.24) is 14.5 Å². The van der Waals surface area contributed by atoms with E-state index in [-0.39, 0.29) is 17.2 Å². The highest BCUT2D eigenvalue weighted by molar-refractivity contribution is 7.99. The predicted octanol–water partition coefficient (Wildman–Crippen LogP) is 5.16. The second-order valence-electron chi connectivity index (χ2n) is 7.17. The molecule has 0 aliphatic carbocycles. The van der Waals surface area contributed by atoms with E-state index in [4.69, 9.17) is 12.2 Å². The topological polar surface area (TPSA) is 79.8 Å². The number of hydrogen-bond acceptors (Lipinski definition) is 6. The molecule has 4 rings (SSSR count). The van der Waals surface area contributed by atoms with Crippen molar-refractivity contribution >= 4 is 57.3 Å². The van der Waals surface area contributed by atoms with Gasteiger partial charge in [-0.1, -0.05) is 53.4 Å². The van der Waals surface area contributed by atoms with E-state index in [2.05, 4.69) is 15.3 Å². The molecule has 31 heavy (non-hydrogen) atoms. The molecule has 0 fully saturated rings. The maximum Gasteiger partial charge on any atom is 0.271 e. The Balaban J connectivity index is 1.62. The van der Waals surface area contributed by atoms with Gasteiger partial charge >= 0.3 is 0 Å². The van der Waals surface area contributed by atoms with Crippen LogP contribution in [-0.4, -0.2) is 26.2 Å². The molecule has 0 bridgehead atoms. The molecule has 1 amide bonds. The van der Waals surface area contributed by atoms with E-state index >= 15 is 0 Å². The normalized spacial score (nSPS) is 11.1. The van der Waals surface area contributed by atoms with Crippen LogP contribution >= 0.6 is 35.3 Å². The van der Waals surface area contributed by atoms with Crippen LogP contribution in [0, 0.1) is 24.7 Å². The van der Waals surface area contributed by atoms with Crippen LogP contribution in [0.3, 0.4) is 0 Å². The fourth-order valence-electron chi connectivity index (χ4n) is 3.18. The number of benzene rings is 2. The van der Waals surface area contributed by atoms with Crippen LogP contribution in [0.5, 0.6) is 0 Å². The maximum atomic E-state index is 12.6. The lowest BCUT2D eigenvalue weighted by Crippen LogP contribution is -2.16. The third kappa shape index (κ3) is 4.48. The van der Waals surface area contributed by atoms with Crippen molar-refractivity contribution in [3.63, 3.8) is 0 Å². The number of amides is 1. The largest absolute Gasteiger partial charge is 0.325 e. The molecule has 4 aromatic rings. The van der Waals surface area contributed by atoms with E-state index in [1.165, 1.54) is 23.1 Å². The van der Waals surface area contributed by atoms with Gasteiger partial charge in [-0.3, -0.25) is 14.2 Å². The summed E-state index contributed by atoms with van der Waals surface area (Å²) in [6, 6.07) is 13.7. The second kappa shape index (κ2) is 8.78. The van der Waals surface area contributed by atoms with Gasteiger partial charge in [-0.05, 0) is 61.8 Å². The van der Waals surface area contributed by atoms with Crippen LogP contribution < -0.4 is 10.9 Å². The van der Waals surface area contributed by atoms with Gasteiger partial charge in [0.05, 0.1) is 11.4 Å². The monoisotopic (exact) mass is 468 g/mol. The van der Waals surface area contributed by atoms with Crippen molar-refractivity contribution in [1.29, 1.82) is 0 Å². The summed E-state index contributed by atoms with van der Waals surface area (Å²) in [5.41, 5.74) is 5.02. The molecule has 0 spiro atoms. The predicted molar refractivity (Wildman–Crippen MR) is 130 cm³/mol. The number of thiazole rings is 1. The lowest BCUT2D eigenvalue weighted by atomic mass is 10.1. The number of aromatic nitrogens is 3. The Kier molecular flexibility index (Phi) is 6.08. The average molecular weight is 469 g/mol. The van der Waals surface area contributed by atoms with Crippen LogP contribution in [0.15, 0.2) is 52.4 Å². The van der Waals surface area contributed by atoms with Crippen LogP contribution in [0.25, 0.3) is 16.0 Å². The Morgan fingerprint density at radius 1 is 1.19 bits per heavy atom. The molecule has 2 heterocycles. The van der Waals surface area contributed by atoms with Crippen LogP contribution in [-0.2, 0) is 4.79 Å². The summed E-state index contributed by atoms with van der Waals surface area (Å²) in [7, 11) is 0. The zero-order valence-electron chi connectivity index (χ0n) is 17.2. The molecular formula is C22H20N4O2S3. The van der Waals surface area contributed by atoms with E-state index in [0.29, 0.717) is 19.5 Å². The number of fused-ring (bicyclic) bond motifs is 1. The third-order valence-corrected chi connectivity index (χ3v) is 7.02. The average Bonchev–Trinajstić information content (AvgIpc) is 3.06. The van der Waals surface area contributed by atoms with E-state index in [0.717, 1.165) is 28.1 Å². The lowest BCUT2D eigenvalue weighted by molar-refractivity contribution is -0.113. The quantitative estimate of drug-likeness (QED) is 0.240. The summed E-state index contributed by atoms with van der Waals surface area (Å²) in [6.07, 6.45) is 0. The zero-order chi connectivity index (χ0) is 22.1. The summed E-state index contributed by atoms with van der Waals surface area (Å²) in [4.78, 5) is 32.5. The number of carbonyl (C=O) groups excluding carboxylic acids is 1. The Morgan fingerprint density at radius 3 is 2.74 bits per heavy atom. The van der Waals surface area contributed by atoms with Gasteiger partial charge in [0.2, 0.25) is 5.91 Å². The summed E-state index contributed by atoms with van der Waals surface area (Å²) >= 11 is 7.93. The van der Waals surface area contributed by atoms with Gasteiger partial charge in [-0.2, -0.15) is 0 Å². The smallest absolute Gasteiger partial charge is 0.271 e. The minimum absolute atomic E-state index is 0.122. The van der Waals surface area contributed by atoms with Crippen LogP contribution in [0.4, 0.5) is 5.69 Å². The van der Waals surface area contributed by atoms with Crippen molar-refractivity contribution in [2.75, 3.05) is 11.1 Å². The number of aromatic amines is 1. The van der Waals surface area contributed by atoms with E-state index in [1.807, 2.05) is 67.8 Å². The Hall–Kier alpha value is -2.75. The van der Waals surface area contributed by atoms with Gasteiger partial charge in [0, 0.05) is 5.69 Å². The van der Waals surface area contributed by atoms with Gasteiger partial charge in [-0.15, -0.1) is 0 Å². The van der Waals surface area contributed by atoms with Crippen molar-refractivity contribution in [2.24, 2.45) is 0 Å². The fraction of sp³-hybridized carbons (Fsp3) is 0.182. The number of H-pyrrole nitrogens is 1. The second-order valence-corrected chi connectivity index (χ2v) is 9.78. The third-order valence-electron chi connectivity index (χ3n) is 4.78. The minimum atomic E-state index is -0.258. The van der Waals surface area contributed by atoms with Crippen LogP contribution in [0.2, 0.25) is 0 Å². The highest BCUT2D eigenvalue weighted by Gasteiger charge is 2.16.